The van der Waals surface area contributed by atoms with Crippen LogP contribution in [0.2, 0.25) is 0 Å². The Hall–Kier alpha value is -3.48. The first-order chi connectivity index (χ1) is 18.2. The fourth-order valence-electron chi connectivity index (χ4n) is 4.67. The molecule has 0 unspecified atom stereocenters. The average molecular weight is 552 g/mol. The van der Waals surface area contributed by atoms with Crippen LogP contribution in [0.4, 0.5) is 0 Å². The molecular formula is C26H29N7O3S2. The Labute approximate surface area is 225 Å². The van der Waals surface area contributed by atoms with Gasteiger partial charge in [-0.05, 0) is 34.4 Å². The van der Waals surface area contributed by atoms with Crippen molar-refractivity contribution in [3.63, 3.8) is 0 Å². The standard InChI is InChI=1S/C26H29N7O3S2/c1-4-38(35,36)20-11-7-17(8-12-20)13-27-25(34)26-28-22-21(37-26)15-33(23(22)16(2)3)14-18-5-9-19(10-6-18)24-29-31-32-30-24/h5-12,16,23H,4,13-15H2,1-3H3,(H,27,34)(H,29,30,31,32)/t23-/m0/s1. The third-order valence-corrected chi connectivity index (χ3v) is 9.44. The molecule has 0 bridgehead atoms. The van der Waals surface area contributed by atoms with Gasteiger partial charge in [0.15, 0.2) is 14.8 Å². The van der Waals surface area contributed by atoms with Crippen LogP contribution in [0.15, 0.2) is 53.4 Å². The van der Waals surface area contributed by atoms with E-state index >= 15 is 0 Å². The number of hydrogen-bond acceptors (Lipinski definition) is 9. The molecular weight excluding hydrogens is 522 g/mol. The van der Waals surface area contributed by atoms with Crippen LogP contribution in [0, 0.1) is 5.92 Å². The largest absolute Gasteiger partial charge is 0.346 e. The molecule has 0 saturated heterocycles. The quantitative estimate of drug-likeness (QED) is 0.321. The molecule has 0 aliphatic carbocycles. The fourth-order valence-corrected chi connectivity index (χ4v) is 6.60. The summed E-state index contributed by atoms with van der Waals surface area (Å²) in [5, 5.41) is 17.5. The first kappa shape index (κ1) is 26.1. The maximum Gasteiger partial charge on any atom is 0.280 e. The monoisotopic (exact) mass is 551 g/mol. The van der Waals surface area contributed by atoms with Gasteiger partial charge in [-0.3, -0.25) is 9.69 Å². The summed E-state index contributed by atoms with van der Waals surface area (Å²) < 4.78 is 24.0. The molecule has 0 saturated carbocycles. The maximum absolute atomic E-state index is 12.9. The number of amides is 1. The van der Waals surface area contributed by atoms with E-state index in [1.165, 1.54) is 16.9 Å². The number of hydrogen-bond donors (Lipinski definition) is 2. The number of fused-ring (bicyclic) bond motifs is 1. The number of carbonyl (C=O) groups excluding carboxylic acids is 1. The van der Waals surface area contributed by atoms with E-state index in [0.29, 0.717) is 28.2 Å². The lowest BCUT2D eigenvalue weighted by Crippen LogP contribution is -2.27. The van der Waals surface area contributed by atoms with Gasteiger partial charge in [0, 0.05) is 30.1 Å². The number of tetrazole rings is 1. The van der Waals surface area contributed by atoms with Crippen molar-refractivity contribution in [2.24, 2.45) is 5.92 Å². The second-order valence-corrected chi connectivity index (χ2v) is 12.9. The predicted molar refractivity (Wildman–Crippen MR) is 144 cm³/mol. The number of carbonyl (C=O) groups is 1. The zero-order valence-electron chi connectivity index (χ0n) is 21.4. The minimum absolute atomic E-state index is 0.0559. The molecule has 2 aromatic carbocycles. The van der Waals surface area contributed by atoms with Crippen LogP contribution in [0.5, 0.6) is 0 Å². The summed E-state index contributed by atoms with van der Waals surface area (Å²) in [4.78, 5) is 21.5. The number of aromatic nitrogens is 5. The third kappa shape index (κ3) is 5.38. The molecule has 0 fully saturated rings. The van der Waals surface area contributed by atoms with E-state index in [1.54, 1.807) is 31.2 Å². The van der Waals surface area contributed by atoms with Crippen molar-refractivity contribution in [1.29, 1.82) is 0 Å². The summed E-state index contributed by atoms with van der Waals surface area (Å²) in [7, 11) is -3.24. The Bertz CT molecular complexity index is 1510. The average Bonchev–Trinajstić information content (AvgIpc) is 3.65. The lowest BCUT2D eigenvalue weighted by molar-refractivity contribution is 0.0949. The Kier molecular flexibility index (Phi) is 7.37. The van der Waals surface area contributed by atoms with Gasteiger partial charge >= 0.3 is 0 Å². The number of benzene rings is 2. The minimum Gasteiger partial charge on any atom is -0.346 e. The molecule has 3 heterocycles. The zero-order chi connectivity index (χ0) is 26.9. The molecule has 2 aromatic heterocycles. The van der Waals surface area contributed by atoms with Crippen molar-refractivity contribution in [1.82, 2.24) is 35.8 Å². The summed E-state index contributed by atoms with van der Waals surface area (Å²) in [5.41, 5.74) is 3.89. The first-order valence-corrected chi connectivity index (χ1v) is 14.9. The molecule has 1 atom stereocenters. The van der Waals surface area contributed by atoms with Gasteiger partial charge < -0.3 is 5.32 Å². The summed E-state index contributed by atoms with van der Waals surface area (Å²) in [6.45, 7) is 7.78. The number of thiazole rings is 1. The van der Waals surface area contributed by atoms with Gasteiger partial charge in [-0.1, -0.05) is 57.2 Å². The third-order valence-electron chi connectivity index (χ3n) is 6.63. The number of nitrogens with one attached hydrogen (secondary N) is 2. The molecule has 1 aliphatic heterocycles. The number of rotatable bonds is 9. The van der Waals surface area contributed by atoms with Crippen LogP contribution in [0.3, 0.4) is 0 Å². The van der Waals surface area contributed by atoms with Crippen molar-refractivity contribution in [3.05, 3.63) is 75.2 Å². The van der Waals surface area contributed by atoms with Crippen LogP contribution in [0.25, 0.3) is 11.4 Å². The zero-order valence-corrected chi connectivity index (χ0v) is 23.0. The van der Waals surface area contributed by atoms with Gasteiger partial charge in [0.05, 0.1) is 22.4 Å². The molecule has 38 heavy (non-hydrogen) atoms. The highest BCUT2D eigenvalue weighted by Gasteiger charge is 2.36. The summed E-state index contributed by atoms with van der Waals surface area (Å²) in [6, 6.07) is 14.9. The van der Waals surface area contributed by atoms with Gasteiger partial charge in [0.1, 0.15) is 0 Å². The Morgan fingerprint density at radius 1 is 1.13 bits per heavy atom. The van der Waals surface area contributed by atoms with Crippen LogP contribution in [-0.4, -0.2) is 50.6 Å². The molecule has 1 amide bonds. The van der Waals surface area contributed by atoms with E-state index in [1.807, 2.05) is 12.1 Å². The van der Waals surface area contributed by atoms with Gasteiger partial charge in [-0.15, -0.1) is 21.5 Å². The van der Waals surface area contributed by atoms with Gasteiger partial charge in [0.2, 0.25) is 5.82 Å². The lowest BCUT2D eigenvalue weighted by atomic mass is 10.0. The van der Waals surface area contributed by atoms with Gasteiger partial charge in [-0.2, -0.15) is 5.21 Å². The van der Waals surface area contributed by atoms with E-state index in [4.69, 9.17) is 4.98 Å². The Morgan fingerprint density at radius 3 is 2.47 bits per heavy atom. The molecule has 2 N–H and O–H groups in total. The molecule has 198 valence electrons. The number of nitrogens with zero attached hydrogens (tertiary/aromatic N) is 5. The van der Waals surface area contributed by atoms with Gasteiger partial charge in [0.25, 0.3) is 5.91 Å². The molecule has 12 heteroatoms. The summed E-state index contributed by atoms with van der Waals surface area (Å²) >= 11 is 1.44. The SMILES string of the molecule is CCS(=O)(=O)c1ccc(CNC(=O)c2nc3c(s2)CN(Cc2ccc(-c4nn[nH]n4)cc2)[C@H]3C(C)C)cc1. The second kappa shape index (κ2) is 10.7. The number of aromatic amines is 1. The molecule has 4 aromatic rings. The van der Waals surface area contributed by atoms with Crippen LogP contribution in [-0.2, 0) is 29.5 Å². The van der Waals surface area contributed by atoms with E-state index in [9.17, 15) is 13.2 Å². The van der Waals surface area contributed by atoms with Crippen molar-refractivity contribution in [3.8, 4) is 11.4 Å². The second-order valence-electron chi connectivity index (χ2n) is 9.58. The topological polar surface area (TPSA) is 134 Å². The smallest absolute Gasteiger partial charge is 0.280 e. The van der Waals surface area contributed by atoms with E-state index in [0.717, 1.165) is 34.8 Å². The molecule has 10 nitrogen and oxygen atoms in total. The van der Waals surface area contributed by atoms with E-state index < -0.39 is 9.84 Å². The lowest BCUT2D eigenvalue weighted by Gasteiger charge is -2.27. The maximum atomic E-state index is 12.9. The van der Waals surface area contributed by atoms with Crippen LogP contribution >= 0.6 is 11.3 Å². The summed E-state index contributed by atoms with van der Waals surface area (Å²) in [6.07, 6.45) is 0. The molecule has 1 aliphatic rings. The van der Waals surface area contributed by atoms with E-state index in [2.05, 4.69) is 56.8 Å². The minimum atomic E-state index is -3.24. The number of H-pyrrole nitrogens is 1. The molecule has 0 spiro atoms. The molecule has 5 rings (SSSR count). The van der Waals surface area contributed by atoms with Crippen LogP contribution < -0.4 is 5.32 Å². The van der Waals surface area contributed by atoms with Crippen molar-refractivity contribution in [2.75, 3.05) is 5.75 Å². The number of sulfone groups is 1. The van der Waals surface area contributed by atoms with Crippen molar-refractivity contribution >= 4 is 27.1 Å². The van der Waals surface area contributed by atoms with Crippen molar-refractivity contribution < 1.29 is 13.2 Å². The Morgan fingerprint density at radius 2 is 1.84 bits per heavy atom. The molecule has 0 radical (unpaired) electrons. The highest BCUT2D eigenvalue weighted by Crippen LogP contribution is 2.41. The van der Waals surface area contributed by atoms with Crippen molar-refractivity contribution in [2.45, 2.75) is 51.3 Å². The Balaban J connectivity index is 1.23. The summed E-state index contributed by atoms with van der Waals surface area (Å²) in [5.74, 6) is 0.725. The highest BCUT2D eigenvalue weighted by molar-refractivity contribution is 7.91. The van der Waals surface area contributed by atoms with Gasteiger partial charge in [-0.25, -0.2) is 13.4 Å². The fraction of sp³-hybridized carbons (Fsp3) is 0.346. The van der Waals surface area contributed by atoms with Crippen LogP contribution in [0.1, 0.15) is 58.3 Å². The van der Waals surface area contributed by atoms with E-state index in [-0.39, 0.29) is 17.7 Å². The predicted octanol–water partition coefficient (Wildman–Crippen LogP) is 3.76. The first-order valence-electron chi connectivity index (χ1n) is 12.4. The highest BCUT2D eigenvalue weighted by atomic mass is 32.2. The normalized spacial score (nSPS) is 15.6.